The Morgan fingerprint density at radius 3 is 2.44 bits per heavy atom. The smallest absolute Gasteiger partial charge is 0.335 e. The minimum absolute atomic E-state index is 0.337. The number of nitrogens with zero attached hydrogens (tertiary/aromatic N) is 4. The number of benzene rings is 2. The van der Waals surface area contributed by atoms with Crippen LogP contribution in [0.3, 0.4) is 0 Å². The van der Waals surface area contributed by atoms with Crippen molar-refractivity contribution < 1.29 is 4.74 Å². The summed E-state index contributed by atoms with van der Waals surface area (Å²) in [4.78, 5) is 4.42. The highest BCUT2D eigenvalue weighted by molar-refractivity contribution is 5.77. The lowest BCUT2D eigenvalue weighted by Crippen LogP contribution is -1.93. The monoisotopic (exact) mass is 331 g/mol. The number of hydrogen-bond donors (Lipinski definition) is 1. The third-order valence-corrected chi connectivity index (χ3v) is 3.78. The number of nitrogens with one attached hydrogen (secondary N) is 1. The van der Waals surface area contributed by atoms with Crippen LogP contribution in [0.4, 0.5) is 0 Å². The predicted octanol–water partition coefficient (Wildman–Crippen LogP) is 3.72. The van der Waals surface area contributed by atoms with E-state index >= 15 is 0 Å². The fourth-order valence-corrected chi connectivity index (χ4v) is 2.63. The molecule has 0 saturated heterocycles. The zero-order valence-electron chi connectivity index (χ0n) is 13.8. The van der Waals surface area contributed by atoms with Crippen LogP contribution in [0.5, 0.6) is 6.01 Å². The highest BCUT2D eigenvalue weighted by atomic mass is 16.5. The highest BCUT2D eigenvalue weighted by Gasteiger charge is 2.17. The van der Waals surface area contributed by atoms with Crippen molar-refractivity contribution in [3.63, 3.8) is 0 Å². The molecule has 0 spiro atoms. The molecule has 2 heterocycles. The van der Waals surface area contributed by atoms with Gasteiger partial charge in [0.25, 0.3) is 0 Å². The van der Waals surface area contributed by atoms with Crippen LogP contribution in [0, 0.1) is 0 Å². The Labute approximate surface area is 145 Å². The standard InChI is InChI=1S/C19H17N5O/c1-2-25-19-20-18(21-22-19)16-13-24(15-11-7-4-8-12-15)23-17(16)14-9-5-3-6-10-14/h3-13H,2H2,1H3,(H,20,21,22). The molecule has 4 aromatic rings. The summed E-state index contributed by atoms with van der Waals surface area (Å²) in [6, 6.07) is 20.3. The van der Waals surface area contributed by atoms with Crippen molar-refractivity contribution >= 4 is 0 Å². The Balaban J connectivity index is 1.84. The summed E-state index contributed by atoms with van der Waals surface area (Å²) in [6.07, 6.45) is 1.95. The molecule has 2 aromatic heterocycles. The van der Waals surface area contributed by atoms with E-state index in [1.165, 1.54) is 0 Å². The molecule has 124 valence electrons. The maximum atomic E-state index is 5.36. The molecule has 0 bridgehead atoms. The Morgan fingerprint density at radius 1 is 1.00 bits per heavy atom. The second-order valence-corrected chi connectivity index (χ2v) is 5.44. The van der Waals surface area contributed by atoms with Crippen molar-refractivity contribution in [1.82, 2.24) is 25.0 Å². The molecule has 0 saturated carbocycles. The summed E-state index contributed by atoms with van der Waals surface area (Å²) >= 11 is 0. The quantitative estimate of drug-likeness (QED) is 0.605. The van der Waals surface area contributed by atoms with E-state index in [1.54, 1.807) is 0 Å². The number of aromatic nitrogens is 5. The second-order valence-electron chi connectivity index (χ2n) is 5.44. The van der Waals surface area contributed by atoms with Gasteiger partial charge in [0.1, 0.15) is 5.69 Å². The van der Waals surface area contributed by atoms with E-state index in [0.717, 1.165) is 22.5 Å². The van der Waals surface area contributed by atoms with Gasteiger partial charge in [-0.2, -0.15) is 10.1 Å². The predicted molar refractivity (Wildman–Crippen MR) is 95.5 cm³/mol. The number of H-pyrrole nitrogens is 1. The van der Waals surface area contributed by atoms with Gasteiger partial charge in [-0.15, -0.1) is 5.10 Å². The lowest BCUT2D eigenvalue weighted by Gasteiger charge is -2.00. The molecule has 1 N–H and O–H groups in total. The van der Waals surface area contributed by atoms with Crippen LogP contribution in [-0.2, 0) is 0 Å². The number of rotatable bonds is 5. The van der Waals surface area contributed by atoms with E-state index in [2.05, 4.69) is 15.2 Å². The van der Waals surface area contributed by atoms with Crippen LogP contribution >= 0.6 is 0 Å². The topological polar surface area (TPSA) is 68.6 Å². The molecule has 2 aromatic carbocycles. The Kier molecular flexibility index (Phi) is 4.00. The first-order valence-electron chi connectivity index (χ1n) is 8.11. The van der Waals surface area contributed by atoms with Crippen LogP contribution in [0.2, 0.25) is 0 Å². The largest absolute Gasteiger partial charge is 0.463 e. The van der Waals surface area contributed by atoms with Gasteiger partial charge >= 0.3 is 6.01 Å². The minimum Gasteiger partial charge on any atom is -0.463 e. The van der Waals surface area contributed by atoms with Gasteiger partial charge in [0.05, 0.1) is 17.9 Å². The summed E-state index contributed by atoms with van der Waals surface area (Å²) in [5.41, 5.74) is 3.70. The number of para-hydroxylation sites is 1. The Hall–Kier alpha value is -3.41. The summed E-state index contributed by atoms with van der Waals surface area (Å²) in [7, 11) is 0. The van der Waals surface area contributed by atoms with Gasteiger partial charge in [-0.1, -0.05) is 48.5 Å². The molecule has 0 unspecified atom stereocenters. The normalized spacial score (nSPS) is 10.8. The minimum atomic E-state index is 0.337. The van der Waals surface area contributed by atoms with Gasteiger partial charge in [-0.05, 0) is 19.1 Å². The van der Waals surface area contributed by atoms with E-state index < -0.39 is 0 Å². The summed E-state index contributed by atoms with van der Waals surface area (Å²) in [5, 5.41) is 11.8. The molecular formula is C19H17N5O. The SMILES string of the molecule is CCOc1n[nH]c(-c2cn(-c3ccccc3)nc2-c2ccccc2)n1. The summed E-state index contributed by atoms with van der Waals surface area (Å²) in [5.74, 6) is 0.629. The first-order chi connectivity index (χ1) is 12.3. The zero-order chi connectivity index (χ0) is 17.1. The molecule has 0 fully saturated rings. The van der Waals surface area contributed by atoms with Crippen LogP contribution in [0.1, 0.15) is 6.92 Å². The van der Waals surface area contributed by atoms with Crippen LogP contribution in [0.25, 0.3) is 28.3 Å². The molecule has 4 rings (SSSR count). The van der Waals surface area contributed by atoms with E-state index in [4.69, 9.17) is 9.84 Å². The van der Waals surface area contributed by atoms with Crippen molar-refractivity contribution in [3.05, 3.63) is 66.9 Å². The van der Waals surface area contributed by atoms with Crippen LogP contribution in [-0.4, -0.2) is 31.6 Å². The van der Waals surface area contributed by atoms with Gasteiger partial charge in [0.15, 0.2) is 5.82 Å². The van der Waals surface area contributed by atoms with E-state index in [-0.39, 0.29) is 0 Å². The fraction of sp³-hybridized carbons (Fsp3) is 0.105. The van der Waals surface area contributed by atoms with Crippen molar-refractivity contribution in [2.45, 2.75) is 6.92 Å². The molecular weight excluding hydrogens is 314 g/mol. The molecule has 0 aliphatic carbocycles. The lowest BCUT2D eigenvalue weighted by atomic mass is 10.1. The third kappa shape index (κ3) is 3.01. The van der Waals surface area contributed by atoms with Crippen molar-refractivity contribution in [1.29, 1.82) is 0 Å². The number of hydrogen-bond acceptors (Lipinski definition) is 4. The lowest BCUT2D eigenvalue weighted by molar-refractivity contribution is 0.314. The Bertz CT molecular complexity index is 960. The fourth-order valence-electron chi connectivity index (χ4n) is 2.63. The van der Waals surface area contributed by atoms with E-state index in [1.807, 2.05) is 78.5 Å². The molecule has 0 amide bonds. The van der Waals surface area contributed by atoms with E-state index in [0.29, 0.717) is 18.4 Å². The van der Waals surface area contributed by atoms with Gasteiger partial charge < -0.3 is 4.74 Å². The average molecular weight is 331 g/mol. The molecule has 0 aliphatic rings. The van der Waals surface area contributed by atoms with Gasteiger partial charge in [0, 0.05) is 11.8 Å². The average Bonchev–Trinajstić information content (AvgIpc) is 3.30. The Morgan fingerprint density at radius 2 is 1.72 bits per heavy atom. The highest BCUT2D eigenvalue weighted by Crippen LogP contribution is 2.30. The zero-order valence-corrected chi connectivity index (χ0v) is 13.8. The first kappa shape index (κ1) is 15.1. The molecule has 25 heavy (non-hydrogen) atoms. The van der Waals surface area contributed by atoms with Crippen LogP contribution < -0.4 is 4.74 Å². The van der Waals surface area contributed by atoms with Gasteiger partial charge in [0.2, 0.25) is 0 Å². The van der Waals surface area contributed by atoms with Crippen molar-refractivity contribution in [3.8, 4) is 34.3 Å². The second kappa shape index (κ2) is 6.60. The third-order valence-electron chi connectivity index (χ3n) is 3.78. The number of aromatic amines is 1. The molecule has 0 aliphatic heterocycles. The summed E-state index contributed by atoms with van der Waals surface area (Å²) < 4.78 is 7.21. The van der Waals surface area contributed by atoms with Crippen molar-refractivity contribution in [2.75, 3.05) is 6.61 Å². The van der Waals surface area contributed by atoms with Crippen molar-refractivity contribution in [2.24, 2.45) is 0 Å². The molecule has 0 radical (unpaired) electrons. The summed E-state index contributed by atoms with van der Waals surface area (Å²) in [6.45, 7) is 2.42. The maximum absolute atomic E-state index is 5.36. The van der Waals surface area contributed by atoms with Crippen LogP contribution in [0.15, 0.2) is 66.9 Å². The molecule has 0 atom stereocenters. The van der Waals surface area contributed by atoms with Gasteiger partial charge in [-0.3, -0.25) is 5.10 Å². The number of ether oxygens (including phenoxy) is 1. The molecule has 6 nitrogen and oxygen atoms in total. The first-order valence-corrected chi connectivity index (χ1v) is 8.11. The molecule has 6 heteroatoms. The van der Waals surface area contributed by atoms with Gasteiger partial charge in [-0.25, -0.2) is 4.68 Å². The maximum Gasteiger partial charge on any atom is 0.335 e. The van der Waals surface area contributed by atoms with E-state index in [9.17, 15) is 0 Å².